The normalized spacial score (nSPS) is 24.5. The third-order valence-corrected chi connectivity index (χ3v) is 3.88. The van der Waals surface area contributed by atoms with Gasteiger partial charge in [0.1, 0.15) is 0 Å². The molecule has 0 aliphatic heterocycles. The van der Waals surface area contributed by atoms with Gasteiger partial charge in [0, 0.05) is 6.42 Å². The first kappa shape index (κ1) is 12.2. The molecule has 2 nitrogen and oxygen atoms in total. The zero-order valence-corrected chi connectivity index (χ0v) is 10.1. The fourth-order valence-electron chi connectivity index (χ4n) is 2.84. The van der Waals surface area contributed by atoms with Crippen molar-refractivity contribution in [2.45, 2.75) is 44.4 Å². The Morgan fingerprint density at radius 3 is 2.35 bits per heavy atom. The predicted octanol–water partition coefficient (Wildman–Crippen LogP) is 3.83. The van der Waals surface area contributed by atoms with Crippen molar-refractivity contribution in [3.8, 4) is 0 Å². The zero-order valence-electron chi connectivity index (χ0n) is 10.1. The standard InChI is InChI=1S/C15H20O2/c16-15(17)11-8-12-6-9-14(10-7-12)13-4-2-1-3-5-13/h1-5,12,14H,6-11H2,(H,16,17). The summed E-state index contributed by atoms with van der Waals surface area (Å²) in [6.07, 6.45) is 6.00. The highest BCUT2D eigenvalue weighted by atomic mass is 16.4. The van der Waals surface area contributed by atoms with Gasteiger partial charge in [0.05, 0.1) is 0 Å². The molecule has 1 saturated carbocycles. The molecule has 0 amide bonds. The Bertz CT molecular complexity index is 350. The van der Waals surface area contributed by atoms with Crippen molar-refractivity contribution in [3.05, 3.63) is 35.9 Å². The van der Waals surface area contributed by atoms with Crippen molar-refractivity contribution in [1.29, 1.82) is 0 Å². The van der Waals surface area contributed by atoms with Crippen molar-refractivity contribution < 1.29 is 9.90 Å². The lowest BCUT2D eigenvalue weighted by atomic mass is 9.77. The number of hydrogen-bond acceptors (Lipinski definition) is 1. The molecule has 92 valence electrons. The summed E-state index contributed by atoms with van der Waals surface area (Å²) in [6, 6.07) is 10.7. The second-order valence-electron chi connectivity index (χ2n) is 5.06. The molecule has 1 aromatic carbocycles. The molecular weight excluding hydrogens is 212 g/mol. The van der Waals surface area contributed by atoms with Crippen LogP contribution in [0.3, 0.4) is 0 Å². The molecule has 0 unspecified atom stereocenters. The molecule has 0 spiro atoms. The van der Waals surface area contributed by atoms with Crippen LogP contribution in [0.2, 0.25) is 0 Å². The molecular formula is C15H20O2. The number of aliphatic carboxylic acids is 1. The van der Waals surface area contributed by atoms with Gasteiger partial charge in [-0.2, -0.15) is 0 Å². The fourth-order valence-corrected chi connectivity index (χ4v) is 2.84. The minimum absolute atomic E-state index is 0.334. The average Bonchev–Trinajstić information content (AvgIpc) is 2.38. The van der Waals surface area contributed by atoms with Crippen LogP contribution in [0, 0.1) is 5.92 Å². The van der Waals surface area contributed by atoms with Gasteiger partial charge in [-0.05, 0) is 49.5 Å². The highest BCUT2D eigenvalue weighted by molar-refractivity contribution is 5.66. The van der Waals surface area contributed by atoms with Crippen LogP contribution >= 0.6 is 0 Å². The summed E-state index contributed by atoms with van der Waals surface area (Å²) in [5, 5.41) is 8.67. The van der Waals surface area contributed by atoms with Crippen molar-refractivity contribution in [2.75, 3.05) is 0 Å². The third-order valence-electron chi connectivity index (χ3n) is 3.88. The van der Waals surface area contributed by atoms with Crippen LogP contribution in [0.5, 0.6) is 0 Å². The topological polar surface area (TPSA) is 37.3 Å². The van der Waals surface area contributed by atoms with Crippen molar-refractivity contribution in [2.24, 2.45) is 5.92 Å². The lowest BCUT2D eigenvalue weighted by Gasteiger charge is -2.28. The van der Waals surface area contributed by atoms with Gasteiger partial charge in [-0.3, -0.25) is 4.79 Å². The van der Waals surface area contributed by atoms with Crippen LogP contribution < -0.4 is 0 Å². The summed E-state index contributed by atoms with van der Waals surface area (Å²) < 4.78 is 0. The van der Waals surface area contributed by atoms with E-state index in [-0.39, 0.29) is 0 Å². The zero-order chi connectivity index (χ0) is 12.1. The Balaban J connectivity index is 1.80. The maximum Gasteiger partial charge on any atom is 0.303 e. The van der Waals surface area contributed by atoms with Gasteiger partial charge in [0.25, 0.3) is 0 Å². The summed E-state index contributed by atoms with van der Waals surface area (Å²) in [4.78, 5) is 10.5. The highest BCUT2D eigenvalue weighted by Gasteiger charge is 2.22. The number of carbonyl (C=O) groups is 1. The van der Waals surface area contributed by atoms with E-state index in [2.05, 4.69) is 30.3 Å². The third kappa shape index (κ3) is 3.58. The molecule has 2 heteroatoms. The summed E-state index contributed by atoms with van der Waals surface area (Å²) in [7, 11) is 0. The Morgan fingerprint density at radius 2 is 1.76 bits per heavy atom. The molecule has 17 heavy (non-hydrogen) atoms. The molecule has 0 heterocycles. The van der Waals surface area contributed by atoms with E-state index in [9.17, 15) is 4.79 Å². The van der Waals surface area contributed by atoms with E-state index >= 15 is 0 Å². The number of benzene rings is 1. The van der Waals surface area contributed by atoms with Crippen LogP contribution in [0.4, 0.5) is 0 Å². The van der Waals surface area contributed by atoms with E-state index in [1.807, 2.05) is 0 Å². The highest BCUT2D eigenvalue weighted by Crippen LogP contribution is 2.37. The molecule has 1 N–H and O–H groups in total. The fraction of sp³-hybridized carbons (Fsp3) is 0.533. The number of carboxylic acids is 1. The summed E-state index contributed by atoms with van der Waals surface area (Å²) >= 11 is 0. The van der Waals surface area contributed by atoms with Gasteiger partial charge < -0.3 is 5.11 Å². The summed E-state index contributed by atoms with van der Waals surface area (Å²) in [5.74, 6) is 0.665. The van der Waals surface area contributed by atoms with Gasteiger partial charge in [-0.1, -0.05) is 30.3 Å². The Morgan fingerprint density at radius 1 is 1.12 bits per heavy atom. The summed E-state index contributed by atoms with van der Waals surface area (Å²) in [5.41, 5.74) is 1.45. The van der Waals surface area contributed by atoms with Gasteiger partial charge in [-0.15, -0.1) is 0 Å². The van der Waals surface area contributed by atoms with Crippen LogP contribution in [-0.4, -0.2) is 11.1 Å². The molecule has 1 aromatic rings. The SMILES string of the molecule is O=C(O)CCC1CCC(c2ccccc2)CC1. The second kappa shape index (κ2) is 5.85. The molecule has 2 rings (SSSR count). The lowest BCUT2D eigenvalue weighted by Crippen LogP contribution is -2.14. The van der Waals surface area contributed by atoms with E-state index in [4.69, 9.17) is 5.11 Å². The van der Waals surface area contributed by atoms with E-state index < -0.39 is 5.97 Å². The van der Waals surface area contributed by atoms with Crippen molar-refractivity contribution >= 4 is 5.97 Å². The van der Waals surface area contributed by atoms with Gasteiger partial charge in [0.15, 0.2) is 0 Å². The second-order valence-corrected chi connectivity index (χ2v) is 5.06. The summed E-state index contributed by atoms with van der Waals surface area (Å²) in [6.45, 7) is 0. The first-order chi connectivity index (χ1) is 8.25. The Labute approximate surface area is 103 Å². The maximum atomic E-state index is 10.5. The van der Waals surface area contributed by atoms with Crippen LogP contribution in [-0.2, 0) is 4.79 Å². The number of hydrogen-bond donors (Lipinski definition) is 1. The Hall–Kier alpha value is -1.31. The van der Waals surface area contributed by atoms with E-state index in [0.717, 1.165) is 6.42 Å². The Kier molecular flexibility index (Phi) is 4.18. The first-order valence-corrected chi connectivity index (χ1v) is 6.52. The number of carboxylic acid groups (broad SMARTS) is 1. The molecule has 0 bridgehead atoms. The molecule has 0 radical (unpaired) electrons. The lowest BCUT2D eigenvalue weighted by molar-refractivity contribution is -0.137. The smallest absolute Gasteiger partial charge is 0.303 e. The van der Waals surface area contributed by atoms with Crippen molar-refractivity contribution in [1.82, 2.24) is 0 Å². The van der Waals surface area contributed by atoms with Crippen LogP contribution in [0.25, 0.3) is 0 Å². The van der Waals surface area contributed by atoms with Gasteiger partial charge in [-0.25, -0.2) is 0 Å². The maximum absolute atomic E-state index is 10.5. The molecule has 1 aliphatic rings. The van der Waals surface area contributed by atoms with E-state index in [1.165, 1.54) is 31.2 Å². The van der Waals surface area contributed by atoms with Gasteiger partial charge >= 0.3 is 5.97 Å². The van der Waals surface area contributed by atoms with E-state index in [0.29, 0.717) is 18.3 Å². The molecule has 0 saturated heterocycles. The van der Waals surface area contributed by atoms with E-state index in [1.54, 1.807) is 0 Å². The molecule has 0 aromatic heterocycles. The first-order valence-electron chi connectivity index (χ1n) is 6.52. The minimum Gasteiger partial charge on any atom is -0.481 e. The largest absolute Gasteiger partial charge is 0.481 e. The van der Waals surface area contributed by atoms with Crippen LogP contribution in [0.1, 0.15) is 50.0 Å². The molecule has 1 fully saturated rings. The quantitative estimate of drug-likeness (QED) is 0.856. The molecule has 0 atom stereocenters. The number of rotatable bonds is 4. The average molecular weight is 232 g/mol. The van der Waals surface area contributed by atoms with Gasteiger partial charge in [0.2, 0.25) is 0 Å². The predicted molar refractivity (Wildman–Crippen MR) is 68.0 cm³/mol. The monoisotopic (exact) mass is 232 g/mol. The molecule has 1 aliphatic carbocycles. The van der Waals surface area contributed by atoms with Crippen LogP contribution in [0.15, 0.2) is 30.3 Å². The minimum atomic E-state index is -0.657. The van der Waals surface area contributed by atoms with Crippen molar-refractivity contribution in [3.63, 3.8) is 0 Å².